The van der Waals surface area contributed by atoms with Crippen LogP contribution in [0.5, 0.6) is 0 Å². The molecule has 2 aromatic carbocycles. The van der Waals surface area contributed by atoms with Crippen molar-refractivity contribution in [1.29, 1.82) is 0 Å². The summed E-state index contributed by atoms with van der Waals surface area (Å²) in [6, 6.07) is 15.1. The second-order valence-corrected chi connectivity index (χ2v) is 7.43. The van der Waals surface area contributed by atoms with Gasteiger partial charge in [-0.05, 0) is 61.9 Å². The van der Waals surface area contributed by atoms with Gasteiger partial charge in [0, 0.05) is 38.3 Å². The van der Waals surface area contributed by atoms with Crippen molar-refractivity contribution >= 4 is 11.6 Å². The number of carbonyl (C=O) groups is 1. The lowest BCUT2D eigenvalue weighted by atomic mass is 10.0. The summed E-state index contributed by atoms with van der Waals surface area (Å²) in [5.41, 5.74) is 6.61. The van der Waals surface area contributed by atoms with Crippen LogP contribution < -0.4 is 4.90 Å². The molecule has 0 bridgehead atoms. The van der Waals surface area contributed by atoms with Gasteiger partial charge in [0.05, 0.1) is 0 Å². The molecular weight excluding hydrogens is 320 g/mol. The van der Waals surface area contributed by atoms with Gasteiger partial charge in [0.1, 0.15) is 0 Å². The lowest BCUT2D eigenvalue weighted by Crippen LogP contribution is -2.49. The molecule has 0 radical (unpaired) electrons. The number of para-hydroxylation sites is 1. The Bertz CT molecular complexity index is 761. The van der Waals surface area contributed by atoms with Crippen molar-refractivity contribution in [1.82, 2.24) is 4.90 Å². The van der Waals surface area contributed by atoms with Crippen LogP contribution in [0.25, 0.3) is 0 Å². The first-order valence-corrected chi connectivity index (χ1v) is 9.69. The monoisotopic (exact) mass is 350 g/mol. The molecule has 3 heteroatoms. The summed E-state index contributed by atoms with van der Waals surface area (Å²) in [6.45, 7) is 9.95. The van der Waals surface area contributed by atoms with Gasteiger partial charge in [-0.2, -0.15) is 0 Å². The molecule has 1 fully saturated rings. The summed E-state index contributed by atoms with van der Waals surface area (Å²) >= 11 is 0. The third-order valence-corrected chi connectivity index (χ3v) is 5.52. The largest absolute Gasteiger partial charge is 0.368 e. The van der Waals surface area contributed by atoms with E-state index in [4.69, 9.17) is 0 Å². The van der Waals surface area contributed by atoms with E-state index in [-0.39, 0.29) is 0 Å². The summed E-state index contributed by atoms with van der Waals surface area (Å²) in [5, 5.41) is 0. The zero-order valence-electron chi connectivity index (χ0n) is 16.3. The van der Waals surface area contributed by atoms with Crippen molar-refractivity contribution in [3.63, 3.8) is 0 Å². The summed E-state index contributed by atoms with van der Waals surface area (Å²) < 4.78 is 0. The Morgan fingerprint density at radius 3 is 2.31 bits per heavy atom. The van der Waals surface area contributed by atoms with Crippen LogP contribution in [0, 0.1) is 20.8 Å². The van der Waals surface area contributed by atoms with E-state index in [2.05, 4.69) is 68.1 Å². The number of benzene rings is 2. The van der Waals surface area contributed by atoms with Gasteiger partial charge in [0.2, 0.25) is 5.91 Å². The highest BCUT2D eigenvalue weighted by atomic mass is 16.2. The lowest BCUT2D eigenvalue weighted by Gasteiger charge is -2.37. The zero-order valence-corrected chi connectivity index (χ0v) is 16.3. The standard InChI is InChI=1S/C23H30N2O/c1-18-11-12-21(17-20(18)3)8-6-10-23(26)25-15-13-24(14-16-25)22-9-5-4-7-19(22)2/h4-5,7,9,11-12,17H,6,8,10,13-16H2,1-3H3. The Morgan fingerprint density at radius 1 is 0.885 bits per heavy atom. The highest BCUT2D eigenvalue weighted by molar-refractivity contribution is 5.76. The van der Waals surface area contributed by atoms with Crippen LogP contribution in [-0.4, -0.2) is 37.0 Å². The molecule has 3 rings (SSSR count). The van der Waals surface area contributed by atoms with Crippen LogP contribution in [0.4, 0.5) is 5.69 Å². The molecule has 1 amide bonds. The number of hydrogen-bond donors (Lipinski definition) is 0. The minimum atomic E-state index is 0.304. The highest BCUT2D eigenvalue weighted by Gasteiger charge is 2.21. The molecule has 0 spiro atoms. The van der Waals surface area contributed by atoms with Gasteiger partial charge in [0.15, 0.2) is 0 Å². The van der Waals surface area contributed by atoms with Crippen LogP contribution in [0.3, 0.4) is 0 Å². The second-order valence-electron chi connectivity index (χ2n) is 7.43. The van der Waals surface area contributed by atoms with E-state index in [0.717, 1.165) is 39.0 Å². The minimum absolute atomic E-state index is 0.304. The first-order chi connectivity index (χ1) is 12.5. The van der Waals surface area contributed by atoms with Gasteiger partial charge >= 0.3 is 0 Å². The van der Waals surface area contributed by atoms with Crippen molar-refractivity contribution < 1.29 is 4.79 Å². The molecule has 0 unspecified atom stereocenters. The summed E-state index contributed by atoms with van der Waals surface area (Å²) in [4.78, 5) is 17.0. The van der Waals surface area contributed by atoms with Gasteiger partial charge in [-0.3, -0.25) is 4.79 Å². The van der Waals surface area contributed by atoms with Crippen LogP contribution in [0.1, 0.15) is 35.1 Å². The van der Waals surface area contributed by atoms with Crippen molar-refractivity contribution in [2.24, 2.45) is 0 Å². The van der Waals surface area contributed by atoms with Crippen LogP contribution in [0.2, 0.25) is 0 Å². The summed E-state index contributed by atoms with van der Waals surface area (Å²) in [6.07, 6.45) is 2.56. The molecular formula is C23H30N2O. The summed E-state index contributed by atoms with van der Waals surface area (Å²) in [7, 11) is 0. The molecule has 1 saturated heterocycles. The fourth-order valence-electron chi connectivity index (χ4n) is 3.68. The van der Waals surface area contributed by atoms with Crippen LogP contribution in [-0.2, 0) is 11.2 Å². The highest BCUT2D eigenvalue weighted by Crippen LogP contribution is 2.21. The maximum Gasteiger partial charge on any atom is 0.222 e. The third kappa shape index (κ3) is 4.46. The van der Waals surface area contributed by atoms with Gasteiger partial charge in [-0.1, -0.05) is 36.4 Å². The maximum atomic E-state index is 12.5. The maximum absolute atomic E-state index is 12.5. The average molecular weight is 351 g/mol. The van der Waals surface area contributed by atoms with Crippen molar-refractivity contribution in [2.45, 2.75) is 40.0 Å². The van der Waals surface area contributed by atoms with Crippen LogP contribution >= 0.6 is 0 Å². The minimum Gasteiger partial charge on any atom is -0.368 e. The fraction of sp³-hybridized carbons (Fsp3) is 0.435. The number of anilines is 1. The Hall–Kier alpha value is -2.29. The van der Waals surface area contributed by atoms with E-state index in [0.29, 0.717) is 12.3 Å². The fourth-order valence-corrected chi connectivity index (χ4v) is 3.68. The topological polar surface area (TPSA) is 23.6 Å². The Morgan fingerprint density at radius 2 is 1.62 bits per heavy atom. The second kappa shape index (κ2) is 8.39. The predicted octanol–water partition coefficient (Wildman–Crippen LogP) is 4.28. The number of aryl methyl sites for hydroxylation is 4. The number of nitrogens with zero attached hydrogens (tertiary/aromatic N) is 2. The van der Waals surface area contributed by atoms with E-state index in [1.54, 1.807) is 0 Å². The molecule has 1 aliphatic rings. The lowest BCUT2D eigenvalue weighted by molar-refractivity contribution is -0.131. The molecule has 0 aromatic heterocycles. The van der Waals surface area contributed by atoms with E-state index in [1.807, 2.05) is 4.90 Å². The number of rotatable bonds is 5. The molecule has 26 heavy (non-hydrogen) atoms. The van der Waals surface area contributed by atoms with E-state index >= 15 is 0 Å². The number of piperazine rings is 1. The molecule has 3 nitrogen and oxygen atoms in total. The Labute approximate surface area is 157 Å². The van der Waals surface area contributed by atoms with Gasteiger partial charge in [-0.15, -0.1) is 0 Å². The molecule has 0 atom stereocenters. The van der Waals surface area contributed by atoms with Crippen LogP contribution in [0.15, 0.2) is 42.5 Å². The normalized spacial score (nSPS) is 14.6. The molecule has 0 aliphatic carbocycles. The zero-order chi connectivity index (χ0) is 18.5. The van der Waals surface area contributed by atoms with E-state index in [9.17, 15) is 4.79 Å². The smallest absolute Gasteiger partial charge is 0.222 e. The Balaban J connectivity index is 1.45. The number of amides is 1. The van der Waals surface area contributed by atoms with E-state index < -0.39 is 0 Å². The van der Waals surface area contributed by atoms with Crippen molar-refractivity contribution in [2.75, 3.05) is 31.1 Å². The van der Waals surface area contributed by atoms with E-state index in [1.165, 1.54) is 27.9 Å². The molecule has 0 N–H and O–H groups in total. The molecule has 2 aromatic rings. The van der Waals surface area contributed by atoms with Gasteiger partial charge in [0.25, 0.3) is 0 Å². The average Bonchev–Trinajstić information content (AvgIpc) is 2.65. The van der Waals surface area contributed by atoms with Gasteiger partial charge < -0.3 is 9.80 Å². The quantitative estimate of drug-likeness (QED) is 0.803. The predicted molar refractivity (Wildman–Crippen MR) is 109 cm³/mol. The molecule has 0 saturated carbocycles. The van der Waals surface area contributed by atoms with Crippen molar-refractivity contribution in [3.05, 3.63) is 64.7 Å². The Kier molecular flexibility index (Phi) is 5.97. The first kappa shape index (κ1) is 18.5. The molecule has 1 heterocycles. The number of carbonyl (C=O) groups excluding carboxylic acids is 1. The number of hydrogen-bond acceptors (Lipinski definition) is 2. The van der Waals surface area contributed by atoms with Gasteiger partial charge in [-0.25, -0.2) is 0 Å². The SMILES string of the molecule is Cc1ccc(CCCC(=O)N2CCN(c3ccccc3C)CC2)cc1C. The third-order valence-electron chi connectivity index (χ3n) is 5.52. The summed E-state index contributed by atoms with van der Waals surface area (Å²) in [5.74, 6) is 0.304. The first-order valence-electron chi connectivity index (χ1n) is 9.69. The molecule has 138 valence electrons. The molecule has 1 aliphatic heterocycles. The van der Waals surface area contributed by atoms with Crippen molar-refractivity contribution in [3.8, 4) is 0 Å².